The Morgan fingerprint density at radius 2 is 1.56 bits per heavy atom. The van der Waals surface area contributed by atoms with Crippen molar-refractivity contribution >= 4 is 23.5 Å². The molecule has 45 heavy (non-hydrogen) atoms. The van der Waals surface area contributed by atoms with Gasteiger partial charge in [-0.25, -0.2) is 23.5 Å². The molecule has 0 saturated heterocycles. The van der Waals surface area contributed by atoms with Crippen molar-refractivity contribution in [1.29, 1.82) is 0 Å². The van der Waals surface area contributed by atoms with E-state index in [0.717, 1.165) is 5.56 Å². The van der Waals surface area contributed by atoms with E-state index in [4.69, 9.17) is 11.5 Å². The van der Waals surface area contributed by atoms with Gasteiger partial charge in [0.05, 0.1) is 12.1 Å². The van der Waals surface area contributed by atoms with Crippen molar-refractivity contribution in [3.8, 4) is 0 Å². The molecule has 0 aliphatic carbocycles. The Morgan fingerprint density at radius 1 is 0.889 bits per heavy atom. The van der Waals surface area contributed by atoms with Crippen LogP contribution >= 0.6 is 0 Å². The number of rotatable bonds is 17. The number of nitrogens with zero attached hydrogens (tertiary/aromatic N) is 3. The van der Waals surface area contributed by atoms with Crippen molar-refractivity contribution in [3.63, 3.8) is 0 Å². The number of hydrogen-bond donors (Lipinski definition) is 4. The molecule has 1 aromatic heterocycles. The van der Waals surface area contributed by atoms with E-state index in [1.54, 1.807) is 36.4 Å². The lowest BCUT2D eigenvalue weighted by molar-refractivity contribution is -0.140. The third-order valence-corrected chi connectivity index (χ3v) is 7.83. The second-order valence-electron chi connectivity index (χ2n) is 12.4. The molecule has 3 amide bonds. The number of hydrogen-bond acceptors (Lipinski definition) is 7. The van der Waals surface area contributed by atoms with Crippen molar-refractivity contribution in [3.05, 3.63) is 68.5 Å². The molecule has 13 heteroatoms. The Hall–Kier alpha value is -4.26. The Kier molecular flexibility index (Phi) is 12.7. The van der Waals surface area contributed by atoms with Gasteiger partial charge in [-0.3, -0.25) is 19.2 Å². The summed E-state index contributed by atoms with van der Waals surface area (Å²) in [7, 11) is 0. The van der Waals surface area contributed by atoms with Crippen molar-refractivity contribution in [2.75, 3.05) is 13.1 Å². The summed E-state index contributed by atoms with van der Waals surface area (Å²) >= 11 is 0. The molecule has 3 atom stereocenters. The highest BCUT2D eigenvalue weighted by molar-refractivity contribution is 6.38. The largest absolute Gasteiger partial charge is 0.366 e. The molecule has 0 fully saturated rings. The SMILES string of the molecule is CC(C)CCn1c(=O)n2n(c1=O)C(C(=O)NC(CCCCN)C(=O)C(=O)NCCc1ccc(C(N)=O)cc1)C=CC2CC(C)C. The summed E-state index contributed by atoms with van der Waals surface area (Å²) < 4.78 is 3.69. The summed E-state index contributed by atoms with van der Waals surface area (Å²) in [4.78, 5) is 78.1. The van der Waals surface area contributed by atoms with Gasteiger partial charge in [-0.05, 0) is 74.6 Å². The van der Waals surface area contributed by atoms with E-state index in [0.29, 0.717) is 44.2 Å². The molecule has 1 aromatic carbocycles. The zero-order valence-corrected chi connectivity index (χ0v) is 26.7. The summed E-state index contributed by atoms with van der Waals surface area (Å²) in [6.07, 6.45) is 6.19. The number of aromatic nitrogens is 3. The molecule has 0 bridgehead atoms. The molecule has 1 aliphatic rings. The number of nitrogens with one attached hydrogen (secondary N) is 2. The Balaban J connectivity index is 1.79. The number of unbranched alkanes of at least 4 members (excludes halogenated alkanes) is 1. The molecule has 246 valence electrons. The lowest BCUT2D eigenvalue weighted by atomic mass is 10.0. The van der Waals surface area contributed by atoms with E-state index in [1.807, 2.05) is 27.7 Å². The van der Waals surface area contributed by atoms with Gasteiger partial charge in [0.25, 0.3) is 5.91 Å². The summed E-state index contributed by atoms with van der Waals surface area (Å²) in [5.74, 6) is -2.40. The van der Waals surface area contributed by atoms with Crippen LogP contribution in [0.5, 0.6) is 0 Å². The van der Waals surface area contributed by atoms with Crippen LogP contribution in [0, 0.1) is 11.8 Å². The molecular weight excluding hydrogens is 578 g/mol. The fourth-order valence-electron chi connectivity index (χ4n) is 5.32. The first-order valence-corrected chi connectivity index (χ1v) is 15.7. The highest BCUT2D eigenvalue weighted by atomic mass is 16.2. The highest BCUT2D eigenvalue weighted by Gasteiger charge is 2.35. The number of allylic oxidation sites excluding steroid dienone is 1. The van der Waals surface area contributed by atoms with E-state index in [2.05, 4.69) is 10.6 Å². The average Bonchev–Trinajstić information content (AvgIpc) is 3.24. The van der Waals surface area contributed by atoms with Gasteiger partial charge in [0.2, 0.25) is 17.6 Å². The van der Waals surface area contributed by atoms with Crippen molar-refractivity contribution in [2.45, 2.75) is 90.9 Å². The van der Waals surface area contributed by atoms with Gasteiger partial charge >= 0.3 is 11.4 Å². The summed E-state index contributed by atoms with van der Waals surface area (Å²) in [5, 5.41) is 5.28. The normalized spacial score (nSPS) is 16.4. The third-order valence-electron chi connectivity index (χ3n) is 7.83. The van der Waals surface area contributed by atoms with Crippen LogP contribution in [0.1, 0.15) is 87.8 Å². The smallest absolute Gasteiger partial charge is 0.348 e. The summed E-state index contributed by atoms with van der Waals surface area (Å²) in [6.45, 7) is 8.77. The molecule has 2 aromatic rings. The van der Waals surface area contributed by atoms with E-state index < -0.39 is 53.0 Å². The quantitative estimate of drug-likeness (QED) is 0.115. The van der Waals surface area contributed by atoms with Gasteiger partial charge < -0.3 is 22.1 Å². The van der Waals surface area contributed by atoms with E-state index >= 15 is 0 Å². The van der Waals surface area contributed by atoms with Crippen LogP contribution in [-0.2, 0) is 27.3 Å². The number of carbonyl (C=O) groups excluding carboxylic acids is 4. The maximum absolute atomic E-state index is 13.7. The average molecular weight is 626 g/mol. The van der Waals surface area contributed by atoms with Gasteiger partial charge in [-0.15, -0.1) is 0 Å². The summed E-state index contributed by atoms with van der Waals surface area (Å²) in [6, 6.07) is 3.86. The number of carbonyl (C=O) groups is 4. The van der Waals surface area contributed by atoms with Crippen molar-refractivity contribution < 1.29 is 19.2 Å². The molecule has 3 unspecified atom stereocenters. The molecule has 6 N–H and O–H groups in total. The minimum Gasteiger partial charge on any atom is -0.366 e. The van der Waals surface area contributed by atoms with Crippen LogP contribution in [0.25, 0.3) is 0 Å². The van der Waals surface area contributed by atoms with Gasteiger partial charge in [0.15, 0.2) is 6.04 Å². The summed E-state index contributed by atoms with van der Waals surface area (Å²) in [5.41, 5.74) is 11.0. The standard InChI is InChI=1S/C32H47N7O6/c1-20(2)15-18-37-31(44)38-24(19-21(3)4)12-13-26(39(38)32(37)45)29(42)36-25(7-5-6-16-33)27(40)30(43)35-17-14-22-8-10-23(11-9-22)28(34)41/h8-13,20-21,24-26H,5-7,14-19,33H2,1-4H3,(H2,34,41)(H,35,43)(H,36,42). The fraction of sp³-hybridized carbons (Fsp3) is 0.562. The first-order chi connectivity index (χ1) is 21.3. The van der Waals surface area contributed by atoms with Crippen LogP contribution < -0.4 is 33.5 Å². The van der Waals surface area contributed by atoms with Crippen LogP contribution in [0.4, 0.5) is 0 Å². The second kappa shape index (κ2) is 16.2. The van der Waals surface area contributed by atoms with Gasteiger partial charge in [0.1, 0.15) is 0 Å². The van der Waals surface area contributed by atoms with E-state index in [1.165, 1.54) is 13.9 Å². The number of primary amides is 1. The molecule has 0 saturated carbocycles. The topological polar surface area (TPSA) is 193 Å². The predicted molar refractivity (Wildman–Crippen MR) is 171 cm³/mol. The number of Topliss-reactive ketones (excluding diaryl/α,β-unsaturated/α-hetero) is 1. The number of benzene rings is 1. The molecule has 0 spiro atoms. The second-order valence-corrected chi connectivity index (χ2v) is 12.4. The first-order valence-electron chi connectivity index (χ1n) is 15.7. The molecule has 2 heterocycles. The lowest BCUT2D eigenvalue weighted by Gasteiger charge is -2.28. The molecule has 0 radical (unpaired) electrons. The minimum atomic E-state index is -1.18. The van der Waals surface area contributed by atoms with Crippen LogP contribution in [0.15, 0.2) is 46.0 Å². The monoisotopic (exact) mass is 625 g/mol. The number of ketones is 1. The number of nitrogens with two attached hydrogens (primary N) is 2. The Labute approximate surface area is 263 Å². The number of amides is 3. The van der Waals surface area contributed by atoms with Crippen LogP contribution in [0.3, 0.4) is 0 Å². The van der Waals surface area contributed by atoms with Crippen LogP contribution in [-0.4, -0.2) is 56.6 Å². The van der Waals surface area contributed by atoms with Gasteiger partial charge in [-0.2, -0.15) is 0 Å². The molecular formula is C32H47N7O6. The molecule has 1 aliphatic heterocycles. The Morgan fingerprint density at radius 3 is 2.16 bits per heavy atom. The maximum Gasteiger partial charge on any atom is 0.348 e. The van der Waals surface area contributed by atoms with Gasteiger partial charge in [0, 0.05) is 18.7 Å². The maximum atomic E-state index is 13.7. The predicted octanol–water partition coefficient (Wildman–Crippen LogP) is 1.20. The highest BCUT2D eigenvalue weighted by Crippen LogP contribution is 2.25. The Bertz CT molecular complexity index is 1500. The zero-order valence-electron chi connectivity index (χ0n) is 26.7. The van der Waals surface area contributed by atoms with Gasteiger partial charge in [-0.1, -0.05) is 52.0 Å². The lowest BCUT2D eigenvalue weighted by Crippen LogP contribution is -2.51. The molecule has 3 rings (SSSR count). The molecule has 13 nitrogen and oxygen atoms in total. The first kappa shape index (κ1) is 35.2. The van der Waals surface area contributed by atoms with Crippen LogP contribution in [0.2, 0.25) is 0 Å². The van der Waals surface area contributed by atoms with Crippen molar-refractivity contribution in [1.82, 2.24) is 24.6 Å². The fourth-order valence-corrected chi connectivity index (χ4v) is 5.32. The number of fused-ring (bicyclic) bond motifs is 1. The van der Waals surface area contributed by atoms with E-state index in [-0.39, 0.29) is 31.3 Å². The third kappa shape index (κ3) is 9.13. The zero-order chi connectivity index (χ0) is 33.3. The minimum absolute atomic E-state index is 0.151. The van der Waals surface area contributed by atoms with E-state index in [9.17, 15) is 28.8 Å². The van der Waals surface area contributed by atoms with Crippen molar-refractivity contribution in [2.24, 2.45) is 23.3 Å².